The Labute approximate surface area is 216 Å². The Bertz CT molecular complexity index is 1230. The summed E-state index contributed by atoms with van der Waals surface area (Å²) in [7, 11) is 0. The van der Waals surface area contributed by atoms with Gasteiger partial charge >= 0.3 is 6.09 Å². The van der Waals surface area contributed by atoms with Gasteiger partial charge in [0.25, 0.3) is 0 Å². The van der Waals surface area contributed by atoms with Gasteiger partial charge in [0.1, 0.15) is 11.6 Å². The number of nitrogens with zero attached hydrogens (tertiary/aromatic N) is 2. The molecule has 37 heavy (non-hydrogen) atoms. The number of rotatable bonds is 12. The van der Waals surface area contributed by atoms with Crippen LogP contribution in [0.2, 0.25) is 0 Å². The molecule has 0 bridgehead atoms. The van der Waals surface area contributed by atoms with Crippen molar-refractivity contribution in [3.63, 3.8) is 0 Å². The molecule has 0 aliphatic rings. The molecular formula is C27H32N6O4. The lowest BCUT2D eigenvalue weighted by molar-refractivity contribution is -0.111. The Hall–Kier alpha value is -4.60. The highest BCUT2D eigenvalue weighted by Gasteiger charge is 2.08. The Morgan fingerprint density at radius 2 is 1.78 bits per heavy atom. The predicted octanol–water partition coefficient (Wildman–Crippen LogP) is 5.30. The summed E-state index contributed by atoms with van der Waals surface area (Å²) in [4.78, 5) is 32.1. The van der Waals surface area contributed by atoms with E-state index >= 15 is 0 Å². The maximum Gasteiger partial charge on any atom is 0.407 e. The van der Waals surface area contributed by atoms with Gasteiger partial charge in [-0.3, -0.25) is 4.79 Å². The molecule has 1 heterocycles. The van der Waals surface area contributed by atoms with Crippen LogP contribution < -0.4 is 26.0 Å². The van der Waals surface area contributed by atoms with E-state index in [2.05, 4.69) is 37.8 Å². The Kier molecular flexibility index (Phi) is 9.83. The molecule has 2 aromatic carbocycles. The number of amides is 2. The summed E-state index contributed by atoms with van der Waals surface area (Å²) in [5, 5.41) is 11.9. The van der Waals surface area contributed by atoms with Crippen molar-refractivity contribution in [2.24, 2.45) is 0 Å². The number of benzene rings is 2. The van der Waals surface area contributed by atoms with Crippen LogP contribution in [0, 0.1) is 6.92 Å². The molecule has 0 unspecified atom stereocenters. The molecule has 0 fully saturated rings. The van der Waals surface area contributed by atoms with Gasteiger partial charge in [-0.05, 0) is 63.6 Å². The van der Waals surface area contributed by atoms with E-state index in [1.807, 2.05) is 43.3 Å². The maximum atomic E-state index is 11.6. The molecule has 2 amide bonds. The largest absolute Gasteiger partial charge is 0.493 e. The number of carbonyl (C=O) groups excluding carboxylic acids is 2. The number of alkyl carbamates (subject to hydrolysis) is 1. The number of hydrogen-bond donors (Lipinski definition) is 4. The maximum absolute atomic E-state index is 11.6. The van der Waals surface area contributed by atoms with Crippen molar-refractivity contribution < 1.29 is 19.1 Å². The first kappa shape index (κ1) is 27.0. The van der Waals surface area contributed by atoms with Crippen molar-refractivity contribution in [2.75, 3.05) is 29.1 Å². The summed E-state index contributed by atoms with van der Waals surface area (Å²) >= 11 is 0. The molecule has 194 valence electrons. The Morgan fingerprint density at radius 3 is 2.54 bits per heavy atom. The summed E-state index contributed by atoms with van der Waals surface area (Å²) in [6.07, 6.45) is 2.99. The molecular weight excluding hydrogens is 472 g/mol. The first-order chi connectivity index (χ1) is 17.8. The summed E-state index contributed by atoms with van der Waals surface area (Å²) < 4.78 is 10.8. The summed E-state index contributed by atoms with van der Waals surface area (Å²) in [6.45, 7) is 9.87. The van der Waals surface area contributed by atoms with Crippen LogP contribution in [0.4, 0.5) is 33.6 Å². The van der Waals surface area contributed by atoms with E-state index in [0.29, 0.717) is 42.8 Å². The second kappa shape index (κ2) is 13.5. The van der Waals surface area contributed by atoms with E-state index < -0.39 is 6.09 Å². The number of nitrogens with one attached hydrogen (secondary N) is 4. The van der Waals surface area contributed by atoms with E-state index in [0.717, 1.165) is 16.9 Å². The minimum atomic E-state index is -0.430. The van der Waals surface area contributed by atoms with Crippen LogP contribution in [0.25, 0.3) is 0 Å². The fraction of sp³-hybridized carbons (Fsp3) is 0.259. The number of hydrogen-bond acceptors (Lipinski definition) is 8. The monoisotopic (exact) mass is 504 g/mol. The summed E-state index contributed by atoms with van der Waals surface area (Å²) in [5.41, 5.74) is 3.02. The third kappa shape index (κ3) is 9.17. The van der Waals surface area contributed by atoms with E-state index in [1.165, 1.54) is 6.08 Å². The van der Waals surface area contributed by atoms with Crippen LogP contribution in [0.15, 0.2) is 67.4 Å². The second-order valence-electron chi connectivity index (χ2n) is 8.36. The van der Waals surface area contributed by atoms with Gasteiger partial charge in [-0.1, -0.05) is 18.7 Å². The van der Waals surface area contributed by atoms with Crippen molar-refractivity contribution in [3.05, 3.63) is 72.9 Å². The number of aryl methyl sites for hydroxylation is 1. The quantitative estimate of drug-likeness (QED) is 0.193. The SMILES string of the molecule is C=CC(=O)Nc1cccc(Nc2nc(Nc3cccc(OCCCNC(=O)OC(C)C)c3)ncc2C)c1. The lowest BCUT2D eigenvalue weighted by atomic mass is 10.2. The van der Waals surface area contributed by atoms with E-state index in [4.69, 9.17) is 9.47 Å². The fourth-order valence-electron chi connectivity index (χ4n) is 3.13. The molecule has 0 saturated carbocycles. The minimum Gasteiger partial charge on any atom is -0.493 e. The molecule has 1 aromatic heterocycles. The normalized spacial score (nSPS) is 10.4. The molecule has 0 radical (unpaired) electrons. The molecule has 10 heteroatoms. The number of ether oxygens (including phenoxy) is 2. The standard InChI is InChI=1S/C27H32N6O4/c1-5-24(34)30-20-9-6-10-21(15-20)31-25-19(4)17-29-26(33-25)32-22-11-7-12-23(16-22)36-14-8-13-28-27(35)37-18(2)3/h5-7,9-12,15-18H,1,8,13-14H2,2-4H3,(H,28,35)(H,30,34)(H2,29,31,32,33). The van der Waals surface area contributed by atoms with Gasteiger partial charge in [0.05, 0.1) is 12.7 Å². The third-order valence-corrected chi connectivity index (χ3v) is 4.84. The highest BCUT2D eigenvalue weighted by molar-refractivity contribution is 5.99. The zero-order valence-electron chi connectivity index (χ0n) is 21.2. The Balaban J connectivity index is 1.57. The minimum absolute atomic E-state index is 0.154. The average Bonchev–Trinajstić information content (AvgIpc) is 2.86. The van der Waals surface area contributed by atoms with Gasteiger partial charge < -0.3 is 30.7 Å². The van der Waals surface area contributed by atoms with Gasteiger partial charge in [0.15, 0.2) is 0 Å². The van der Waals surface area contributed by atoms with Crippen molar-refractivity contribution in [1.29, 1.82) is 0 Å². The first-order valence-corrected chi connectivity index (χ1v) is 11.9. The van der Waals surface area contributed by atoms with E-state index in [9.17, 15) is 9.59 Å². The predicted molar refractivity (Wildman–Crippen MR) is 145 cm³/mol. The molecule has 10 nitrogen and oxygen atoms in total. The molecule has 4 N–H and O–H groups in total. The number of carbonyl (C=O) groups is 2. The summed E-state index contributed by atoms with van der Waals surface area (Å²) in [6, 6.07) is 14.8. The number of aromatic nitrogens is 2. The van der Waals surface area contributed by atoms with Crippen LogP contribution in [-0.4, -0.2) is 41.2 Å². The highest BCUT2D eigenvalue weighted by atomic mass is 16.6. The van der Waals surface area contributed by atoms with Crippen molar-refractivity contribution in [1.82, 2.24) is 15.3 Å². The van der Waals surface area contributed by atoms with Gasteiger partial charge in [0.2, 0.25) is 11.9 Å². The van der Waals surface area contributed by atoms with Gasteiger partial charge in [-0.25, -0.2) is 9.78 Å². The molecule has 0 spiro atoms. The van der Waals surface area contributed by atoms with Crippen molar-refractivity contribution in [3.8, 4) is 5.75 Å². The Morgan fingerprint density at radius 1 is 1.05 bits per heavy atom. The smallest absolute Gasteiger partial charge is 0.407 e. The van der Waals surface area contributed by atoms with Crippen molar-refractivity contribution in [2.45, 2.75) is 33.3 Å². The van der Waals surface area contributed by atoms with Gasteiger partial charge in [0, 0.05) is 41.4 Å². The average molecular weight is 505 g/mol. The molecule has 0 atom stereocenters. The van der Waals surface area contributed by atoms with Crippen LogP contribution in [0.1, 0.15) is 25.8 Å². The molecule has 3 rings (SSSR count). The second-order valence-corrected chi connectivity index (χ2v) is 8.36. The van der Waals surface area contributed by atoms with Gasteiger partial charge in [-0.2, -0.15) is 4.98 Å². The zero-order valence-corrected chi connectivity index (χ0v) is 21.2. The zero-order chi connectivity index (χ0) is 26.6. The lowest BCUT2D eigenvalue weighted by Crippen LogP contribution is -2.28. The van der Waals surface area contributed by atoms with Gasteiger partial charge in [-0.15, -0.1) is 0 Å². The third-order valence-electron chi connectivity index (χ3n) is 4.84. The van der Waals surface area contributed by atoms with Crippen LogP contribution in [-0.2, 0) is 9.53 Å². The highest BCUT2D eigenvalue weighted by Crippen LogP contribution is 2.24. The van der Waals surface area contributed by atoms with E-state index in [1.54, 1.807) is 32.2 Å². The lowest BCUT2D eigenvalue weighted by Gasteiger charge is -2.13. The molecule has 0 saturated heterocycles. The molecule has 3 aromatic rings. The number of anilines is 5. The van der Waals surface area contributed by atoms with Crippen LogP contribution in [0.5, 0.6) is 5.75 Å². The molecule has 0 aliphatic heterocycles. The van der Waals surface area contributed by atoms with E-state index in [-0.39, 0.29) is 12.0 Å². The van der Waals surface area contributed by atoms with Crippen LogP contribution in [0.3, 0.4) is 0 Å². The first-order valence-electron chi connectivity index (χ1n) is 11.9. The fourth-order valence-corrected chi connectivity index (χ4v) is 3.13. The van der Waals surface area contributed by atoms with Crippen LogP contribution >= 0.6 is 0 Å². The topological polar surface area (TPSA) is 126 Å². The summed E-state index contributed by atoms with van der Waals surface area (Å²) in [5.74, 6) is 1.43. The van der Waals surface area contributed by atoms with Crippen molar-refractivity contribution >= 4 is 40.8 Å². The molecule has 0 aliphatic carbocycles.